The van der Waals surface area contributed by atoms with E-state index >= 15 is 0 Å². The molecule has 0 bridgehead atoms. The van der Waals surface area contributed by atoms with Crippen LogP contribution in [0.25, 0.3) is 0 Å². The van der Waals surface area contributed by atoms with E-state index in [2.05, 4.69) is 22.3 Å². The van der Waals surface area contributed by atoms with Crippen molar-refractivity contribution in [3.8, 4) is 0 Å². The summed E-state index contributed by atoms with van der Waals surface area (Å²) in [5, 5.41) is 6.46. The van der Waals surface area contributed by atoms with Crippen LogP contribution >= 0.6 is 0 Å². The third-order valence-corrected chi connectivity index (χ3v) is 3.72. The summed E-state index contributed by atoms with van der Waals surface area (Å²) in [6.45, 7) is 0. The third-order valence-electron chi connectivity index (χ3n) is 3.72. The predicted molar refractivity (Wildman–Crippen MR) is 72.6 cm³/mol. The second-order valence-corrected chi connectivity index (χ2v) is 4.88. The van der Waals surface area contributed by atoms with Crippen molar-refractivity contribution in [2.24, 2.45) is 0 Å². The Morgan fingerprint density at radius 3 is 3.00 bits per heavy atom. The van der Waals surface area contributed by atoms with Crippen molar-refractivity contribution in [1.29, 1.82) is 0 Å². The van der Waals surface area contributed by atoms with Gasteiger partial charge in [-0.2, -0.15) is 5.10 Å². The van der Waals surface area contributed by atoms with E-state index in [-0.39, 0.29) is 11.9 Å². The Morgan fingerprint density at radius 1 is 1.47 bits per heavy atom. The molecular formula is C14H16N4O. The summed E-state index contributed by atoms with van der Waals surface area (Å²) in [7, 11) is 1.83. The van der Waals surface area contributed by atoms with Gasteiger partial charge in [0.25, 0.3) is 5.91 Å². The Balaban J connectivity index is 1.86. The average molecular weight is 256 g/mol. The monoisotopic (exact) mass is 256 g/mol. The number of rotatable bonds is 2. The molecule has 1 heterocycles. The first-order chi connectivity index (χ1) is 9.16. The molecule has 1 atom stereocenters. The van der Waals surface area contributed by atoms with E-state index < -0.39 is 0 Å². The van der Waals surface area contributed by atoms with Gasteiger partial charge in [-0.3, -0.25) is 9.89 Å². The van der Waals surface area contributed by atoms with Crippen LogP contribution in [-0.4, -0.2) is 28.1 Å². The fourth-order valence-electron chi connectivity index (χ4n) is 2.72. The molecule has 2 aromatic rings. The lowest BCUT2D eigenvalue weighted by Crippen LogP contribution is -2.30. The Hall–Kier alpha value is -2.30. The molecule has 1 amide bonds. The molecule has 1 aliphatic rings. The number of aromatic nitrogens is 2. The number of nitrogen functional groups attached to an aromatic ring is 1. The highest BCUT2D eigenvalue weighted by molar-refractivity contribution is 5.93. The van der Waals surface area contributed by atoms with Crippen molar-refractivity contribution >= 4 is 11.7 Å². The number of anilines is 1. The van der Waals surface area contributed by atoms with Gasteiger partial charge in [0.15, 0.2) is 0 Å². The van der Waals surface area contributed by atoms with Crippen LogP contribution < -0.4 is 5.73 Å². The minimum Gasteiger partial charge on any atom is -0.382 e. The van der Waals surface area contributed by atoms with Crippen LogP contribution in [0.2, 0.25) is 0 Å². The highest BCUT2D eigenvalue weighted by Gasteiger charge is 2.29. The molecule has 0 spiro atoms. The van der Waals surface area contributed by atoms with Crippen LogP contribution in [-0.2, 0) is 6.42 Å². The zero-order chi connectivity index (χ0) is 13.4. The van der Waals surface area contributed by atoms with Crippen molar-refractivity contribution in [1.82, 2.24) is 15.1 Å². The van der Waals surface area contributed by atoms with Gasteiger partial charge >= 0.3 is 0 Å². The molecule has 0 radical (unpaired) electrons. The number of nitrogens with zero attached hydrogens (tertiary/aromatic N) is 2. The number of benzene rings is 1. The zero-order valence-electron chi connectivity index (χ0n) is 10.8. The SMILES string of the molecule is CN(C(=O)c1cc(N)n[nH]1)C1CCc2ccccc21. The number of amides is 1. The second kappa shape index (κ2) is 4.42. The Morgan fingerprint density at radius 2 is 2.26 bits per heavy atom. The van der Waals surface area contributed by atoms with Crippen LogP contribution in [0.1, 0.15) is 34.1 Å². The normalized spacial score (nSPS) is 17.2. The van der Waals surface area contributed by atoms with Crippen LogP contribution in [0.3, 0.4) is 0 Å². The van der Waals surface area contributed by atoms with Gasteiger partial charge in [0.2, 0.25) is 0 Å². The van der Waals surface area contributed by atoms with Gasteiger partial charge in [0.05, 0.1) is 6.04 Å². The van der Waals surface area contributed by atoms with E-state index in [9.17, 15) is 4.79 Å². The molecule has 98 valence electrons. The Bertz CT molecular complexity index is 619. The van der Waals surface area contributed by atoms with E-state index in [0.29, 0.717) is 11.5 Å². The molecule has 5 heteroatoms. The van der Waals surface area contributed by atoms with Crippen LogP contribution in [0, 0.1) is 0 Å². The largest absolute Gasteiger partial charge is 0.382 e. The van der Waals surface area contributed by atoms with Gasteiger partial charge < -0.3 is 10.6 Å². The van der Waals surface area contributed by atoms with Gasteiger partial charge in [-0.1, -0.05) is 24.3 Å². The van der Waals surface area contributed by atoms with Gasteiger partial charge in [0.1, 0.15) is 11.5 Å². The molecule has 0 saturated carbocycles. The first-order valence-corrected chi connectivity index (χ1v) is 6.32. The number of aryl methyl sites for hydroxylation is 1. The number of hydrogen-bond donors (Lipinski definition) is 2. The summed E-state index contributed by atoms with van der Waals surface area (Å²) >= 11 is 0. The summed E-state index contributed by atoms with van der Waals surface area (Å²) < 4.78 is 0. The summed E-state index contributed by atoms with van der Waals surface area (Å²) in [6, 6.07) is 9.98. The van der Waals surface area contributed by atoms with E-state index in [1.807, 2.05) is 19.2 Å². The summed E-state index contributed by atoms with van der Waals surface area (Å²) in [4.78, 5) is 14.1. The molecule has 0 aliphatic heterocycles. The highest BCUT2D eigenvalue weighted by atomic mass is 16.2. The van der Waals surface area contributed by atoms with E-state index in [4.69, 9.17) is 5.73 Å². The minimum atomic E-state index is -0.0779. The number of nitrogens with one attached hydrogen (secondary N) is 1. The molecule has 5 nitrogen and oxygen atoms in total. The quantitative estimate of drug-likeness (QED) is 0.859. The molecule has 1 aromatic carbocycles. The molecule has 1 unspecified atom stereocenters. The Kier molecular flexibility index (Phi) is 2.74. The molecule has 19 heavy (non-hydrogen) atoms. The number of fused-ring (bicyclic) bond motifs is 1. The van der Waals surface area contributed by atoms with Crippen molar-refractivity contribution in [2.75, 3.05) is 12.8 Å². The maximum atomic E-state index is 12.4. The summed E-state index contributed by atoms with van der Waals surface area (Å²) in [5.41, 5.74) is 8.54. The summed E-state index contributed by atoms with van der Waals surface area (Å²) in [6.07, 6.45) is 1.98. The topological polar surface area (TPSA) is 75.0 Å². The summed E-state index contributed by atoms with van der Waals surface area (Å²) in [5.74, 6) is 0.259. The first kappa shape index (κ1) is 11.8. The fourth-order valence-corrected chi connectivity index (χ4v) is 2.72. The van der Waals surface area contributed by atoms with Crippen molar-refractivity contribution in [2.45, 2.75) is 18.9 Å². The lowest BCUT2D eigenvalue weighted by molar-refractivity contribution is 0.0724. The Labute approximate surface area is 111 Å². The number of carbonyl (C=O) groups is 1. The minimum absolute atomic E-state index is 0.0779. The van der Waals surface area contributed by atoms with E-state index in [1.54, 1.807) is 11.0 Å². The number of nitrogens with two attached hydrogens (primary N) is 1. The zero-order valence-corrected chi connectivity index (χ0v) is 10.8. The maximum absolute atomic E-state index is 12.4. The van der Waals surface area contributed by atoms with Crippen molar-refractivity contribution < 1.29 is 4.79 Å². The van der Waals surface area contributed by atoms with Gasteiger partial charge in [-0.25, -0.2) is 0 Å². The lowest BCUT2D eigenvalue weighted by Gasteiger charge is -2.24. The number of aromatic amines is 1. The van der Waals surface area contributed by atoms with Crippen molar-refractivity contribution in [3.05, 3.63) is 47.2 Å². The lowest BCUT2D eigenvalue weighted by atomic mass is 10.1. The van der Waals surface area contributed by atoms with Crippen LogP contribution in [0.5, 0.6) is 0 Å². The number of H-pyrrole nitrogens is 1. The molecule has 3 rings (SSSR count). The predicted octanol–water partition coefficient (Wildman–Crippen LogP) is 1.75. The fraction of sp³-hybridized carbons (Fsp3) is 0.286. The maximum Gasteiger partial charge on any atom is 0.272 e. The molecular weight excluding hydrogens is 240 g/mol. The first-order valence-electron chi connectivity index (χ1n) is 6.32. The van der Waals surface area contributed by atoms with Crippen LogP contribution in [0.4, 0.5) is 5.82 Å². The van der Waals surface area contributed by atoms with Crippen LogP contribution in [0.15, 0.2) is 30.3 Å². The standard InChI is InChI=1S/C14H16N4O/c1-18(14(19)11-8-13(15)17-16-11)12-7-6-9-4-2-3-5-10(9)12/h2-5,8,12H,6-7H2,1H3,(H3,15,16,17). The smallest absolute Gasteiger partial charge is 0.272 e. The highest BCUT2D eigenvalue weighted by Crippen LogP contribution is 2.35. The molecule has 1 aromatic heterocycles. The second-order valence-electron chi connectivity index (χ2n) is 4.88. The van der Waals surface area contributed by atoms with Gasteiger partial charge in [-0.15, -0.1) is 0 Å². The number of carbonyl (C=O) groups excluding carboxylic acids is 1. The van der Waals surface area contributed by atoms with Crippen molar-refractivity contribution in [3.63, 3.8) is 0 Å². The van der Waals surface area contributed by atoms with E-state index in [0.717, 1.165) is 12.8 Å². The molecule has 0 fully saturated rings. The third kappa shape index (κ3) is 1.97. The van der Waals surface area contributed by atoms with E-state index in [1.165, 1.54) is 11.1 Å². The average Bonchev–Trinajstić information content (AvgIpc) is 3.03. The van der Waals surface area contributed by atoms with Gasteiger partial charge in [0, 0.05) is 13.1 Å². The number of hydrogen-bond acceptors (Lipinski definition) is 3. The van der Waals surface area contributed by atoms with Gasteiger partial charge in [-0.05, 0) is 24.0 Å². The molecule has 1 aliphatic carbocycles. The molecule has 3 N–H and O–H groups in total. The molecule has 0 saturated heterocycles.